The first-order chi connectivity index (χ1) is 13.0. The molecule has 0 N–H and O–H groups in total. The molecule has 1 amide bonds. The van der Waals surface area contributed by atoms with Crippen LogP contribution in [0.2, 0.25) is 0 Å². The molecule has 4 nitrogen and oxygen atoms in total. The van der Waals surface area contributed by atoms with Gasteiger partial charge in [-0.15, -0.1) is 0 Å². The van der Waals surface area contributed by atoms with E-state index in [1.54, 1.807) is 18.2 Å². The Kier molecular flexibility index (Phi) is 5.33. The predicted octanol–water partition coefficient (Wildman–Crippen LogP) is 4.81. The van der Waals surface area contributed by atoms with Gasteiger partial charge in [-0.3, -0.25) is 4.79 Å². The van der Waals surface area contributed by atoms with E-state index in [1.807, 2.05) is 0 Å². The molecule has 3 rings (SSSR count). The van der Waals surface area contributed by atoms with Crippen LogP contribution >= 0.6 is 0 Å². The van der Waals surface area contributed by atoms with Gasteiger partial charge in [0, 0.05) is 25.0 Å². The number of alkyl halides is 6. The fraction of sp³-hybridized carbons (Fsp3) is 0.556. The first-order valence-corrected chi connectivity index (χ1v) is 8.87. The molecule has 1 atom stereocenters. The van der Waals surface area contributed by atoms with E-state index >= 15 is 0 Å². The number of piperidine rings is 1. The maximum Gasteiger partial charge on any atom is 0.449 e. The van der Waals surface area contributed by atoms with Gasteiger partial charge in [-0.1, -0.05) is 19.1 Å². The Hall–Kier alpha value is -2.26. The van der Waals surface area contributed by atoms with Crippen molar-refractivity contribution in [3.63, 3.8) is 0 Å². The quantitative estimate of drug-likeness (QED) is 0.685. The van der Waals surface area contributed by atoms with Crippen molar-refractivity contribution < 1.29 is 31.1 Å². The second kappa shape index (κ2) is 7.29. The van der Waals surface area contributed by atoms with Gasteiger partial charge in [0.25, 0.3) is 0 Å². The number of hydrogen-bond acceptors (Lipinski definition) is 2. The summed E-state index contributed by atoms with van der Waals surface area (Å²) in [4.78, 5) is 17.3. The van der Waals surface area contributed by atoms with Crippen molar-refractivity contribution >= 4 is 16.9 Å². The third-order valence-corrected chi connectivity index (χ3v) is 4.95. The first-order valence-electron chi connectivity index (χ1n) is 8.87. The topological polar surface area (TPSA) is 38.1 Å². The molecule has 1 aliphatic heterocycles. The van der Waals surface area contributed by atoms with Crippen LogP contribution in [-0.4, -0.2) is 39.6 Å². The van der Waals surface area contributed by atoms with Gasteiger partial charge in [0.15, 0.2) is 0 Å². The molecule has 10 heteroatoms. The van der Waals surface area contributed by atoms with Crippen LogP contribution in [0.4, 0.5) is 26.3 Å². The molecule has 1 unspecified atom stereocenters. The molecule has 1 fully saturated rings. The first kappa shape index (κ1) is 20.5. The standard InChI is InChI=1S/C18H19F6N3O/c1-11(10-17(19,20)21)15(28)26-8-6-12(7-9-26)27-14-5-3-2-4-13(14)25-16(27)18(22,23)24/h2-5,11-12H,6-10H2,1H3. The van der Waals surface area contributed by atoms with Gasteiger partial charge in [-0.2, -0.15) is 26.3 Å². The largest absolute Gasteiger partial charge is 0.449 e. The highest BCUT2D eigenvalue weighted by Gasteiger charge is 2.40. The molecule has 28 heavy (non-hydrogen) atoms. The summed E-state index contributed by atoms with van der Waals surface area (Å²) in [6.45, 7) is 1.43. The third kappa shape index (κ3) is 4.25. The number of amides is 1. The van der Waals surface area contributed by atoms with E-state index in [1.165, 1.54) is 17.9 Å². The van der Waals surface area contributed by atoms with Crippen LogP contribution in [0, 0.1) is 5.92 Å². The number of halogens is 6. The molecular formula is C18H19F6N3O. The third-order valence-electron chi connectivity index (χ3n) is 4.95. The Morgan fingerprint density at radius 3 is 2.32 bits per heavy atom. The molecule has 0 aliphatic carbocycles. The number of nitrogens with zero attached hydrogens (tertiary/aromatic N) is 3. The molecule has 2 aromatic rings. The highest BCUT2D eigenvalue weighted by Crippen LogP contribution is 2.37. The van der Waals surface area contributed by atoms with Gasteiger partial charge in [-0.05, 0) is 25.0 Å². The number of benzene rings is 1. The summed E-state index contributed by atoms with van der Waals surface area (Å²) in [7, 11) is 0. The SMILES string of the molecule is CC(CC(F)(F)F)C(=O)N1CCC(n2c(C(F)(F)F)nc3ccccc32)CC1. The second-order valence-electron chi connectivity index (χ2n) is 7.07. The zero-order valence-electron chi connectivity index (χ0n) is 15.0. The van der Waals surface area contributed by atoms with Crippen LogP contribution < -0.4 is 0 Å². The summed E-state index contributed by atoms with van der Waals surface area (Å²) in [6, 6.07) is 5.74. The van der Waals surface area contributed by atoms with Gasteiger partial charge >= 0.3 is 12.4 Å². The monoisotopic (exact) mass is 407 g/mol. The highest BCUT2D eigenvalue weighted by atomic mass is 19.4. The fourth-order valence-electron chi connectivity index (χ4n) is 3.70. The van der Waals surface area contributed by atoms with Crippen LogP contribution in [0.1, 0.15) is 38.1 Å². The minimum atomic E-state index is -4.63. The second-order valence-corrected chi connectivity index (χ2v) is 7.07. The summed E-state index contributed by atoms with van der Waals surface area (Å²) >= 11 is 0. The Balaban J connectivity index is 1.78. The number of hydrogen-bond donors (Lipinski definition) is 0. The number of imidazole rings is 1. The van der Waals surface area contributed by atoms with Crippen LogP contribution in [0.25, 0.3) is 11.0 Å². The van der Waals surface area contributed by atoms with Gasteiger partial charge < -0.3 is 9.47 Å². The number of fused-ring (bicyclic) bond motifs is 1. The molecule has 0 spiro atoms. The van der Waals surface area contributed by atoms with E-state index in [9.17, 15) is 31.1 Å². The number of carbonyl (C=O) groups is 1. The maximum absolute atomic E-state index is 13.5. The molecule has 0 saturated carbocycles. The van der Waals surface area contributed by atoms with Crippen molar-refractivity contribution in [3.05, 3.63) is 30.1 Å². The van der Waals surface area contributed by atoms with Crippen LogP contribution in [0.15, 0.2) is 24.3 Å². The molecule has 154 valence electrons. The van der Waals surface area contributed by atoms with Crippen molar-refractivity contribution in [1.29, 1.82) is 0 Å². The Morgan fingerprint density at radius 2 is 1.75 bits per heavy atom. The molecule has 1 saturated heterocycles. The maximum atomic E-state index is 13.5. The molecule has 1 aromatic heterocycles. The van der Waals surface area contributed by atoms with Crippen molar-refractivity contribution in [1.82, 2.24) is 14.5 Å². The molecular weight excluding hydrogens is 388 g/mol. The van der Waals surface area contributed by atoms with Gasteiger partial charge in [-0.25, -0.2) is 4.98 Å². The average Bonchev–Trinajstić information content (AvgIpc) is 3.00. The summed E-state index contributed by atoms with van der Waals surface area (Å²) < 4.78 is 79.0. The lowest BCUT2D eigenvalue weighted by atomic mass is 10.0. The normalized spacial score (nSPS) is 17.9. The lowest BCUT2D eigenvalue weighted by molar-refractivity contribution is -0.159. The number of aromatic nitrogens is 2. The summed E-state index contributed by atoms with van der Waals surface area (Å²) in [5.41, 5.74) is 0.581. The van der Waals surface area contributed by atoms with Gasteiger partial charge in [0.1, 0.15) is 0 Å². The Morgan fingerprint density at radius 1 is 1.14 bits per heavy atom. The smallest absolute Gasteiger partial charge is 0.342 e. The van der Waals surface area contributed by atoms with Crippen LogP contribution in [0.5, 0.6) is 0 Å². The van der Waals surface area contributed by atoms with Gasteiger partial charge in [0.05, 0.1) is 17.5 Å². The Labute approximate surface area is 157 Å². The number of likely N-dealkylation sites (tertiary alicyclic amines) is 1. The van der Waals surface area contributed by atoms with E-state index in [2.05, 4.69) is 4.98 Å². The molecule has 1 aliphatic rings. The van der Waals surface area contributed by atoms with Gasteiger partial charge in [0.2, 0.25) is 11.7 Å². The van der Waals surface area contributed by atoms with E-state index in [0.717, 1.165) is 4.57 Å². The van der Waals surface area contributed by atoms with E-state index in [0.29, 0.717) is 5.52 Å². The van der Waals surface area contributed by atoms with E-state index in [-0.39, 0.29) is 31.4 Å². The van der Waals surface area contributed by atoms with E-state index in [4.69, 9.17) is 0 Å². The summed E-state index contributed by atoms with van der Waals surface area (Å²) in [5.74, 6) is -2.83. The van der Waals surface area contributed by atoms with Crippen molar-refractivity contribution in [2.45, 2.75) is 44.6 Å². The van der Waals surface area contributed by atoms with Crippen molar-refractivity contribution in [3.8, 4) is 0 Å². The van der Waals surface area contributed by atoms with Crippen LogP contribution in [0.3, 0.4) is 0 Å². The van der Waals surface area contributed by atoms with Crippen LogP contribution in [-0.2, 0) is 11.0 Å². The van der Waals surface area contributed by atoms with Crippen molar-refractivity contribution in [2.75, 3.05) is 13.1 Å². The Bertz CT molecular complexity index is 849. The predicted molar refractivity (Wildman–Crippen MR) is 89.4 cm³/mol. The molecule has 0 bridgehead atoms. The fourth-order valence-corrected chi connectivity index (χ4v) is 3.70. The molecule has 1 aromatic carbocycles. The zero-order chi connectivity index (χ0) is 20.7. The molecule has 0 radical (unpaired) electrons. The minimum absolute atomic E-state index is 0.107. The molecule has 2 heterocycles. The average molecular weight is 407 g/mol. The number of carbonyl (C=O) groups excluding carboxylic acids is 1. The zero-order valence-corrected chi connectivity index (χ0v) is 15.0. The van der Waals surface area contributed by atoms with Crippen molar-refractivity contribution in [2.24, 2.45) is 5.92 Å². The minimum Gasteiger partial charge on any atom is -0.342 e. The lowest BCUT2D eigenvalue weighted by Gasteiger charge is -2.35. The van der Waals surface area contributed by atoms with E-state index < -0.39 is 42.5 Å². The number of rotatable bonds is 3. The summed E-state index contributed by atoms with van der Waals surface area (Å²) in [5, 5.41) is 0. The highest BCUT2D eigenvalue weighted by molar-refractivity contribution is 5.79. The summed E-state index contributed by atoms with van der Waals surface area (Å²) in [6.07, 6.45) is -9.85. The number of para-hydroxylation sites is 2. The lowest BCUT2D eigenvalue weighted by Crippen LogP contribution is -2.42.